The number of esters is 1. The molecule has 0 radical (unpaired) electrons. The number of hydrogen-bond acceptors (Lipinski definition) is 4. The largest absolute Gasteiger partial charge is 0.466 e. The van der Waals surface area contributed by atoms with Crippen LogP contribution in [0.1, 0.15) is 32.6 Å². The highest BCUT2D eigenvalue weighted by atomic mass is 79.9. The number of carbonyl (C=O) groups is 1. The highest BCUT2D eigenvalue weighted by Gasteiger charge is 2.48. The van der Waals surface area contributed by atoms with Crippen LogP contribution in [0.5, 0.6) is 0 Å². The molecule has 0 amide bonds. The molecule has 2 atom stereocenters. The highest BCUT2D eigenvalue weighted by Crippen LogP contribution is 2.42. The lowest BCUT2D eigenvalue weighted by atomic mass is 9.86. The molecule has 1 aliphatic rings. The molecule has 0 aliphatic carbocycles. The highest BCUT2D eigenvalue weighted by molar-refractivity contribution is 9.10. The summed E-state index contributed by atoms with van der Waals surface area (Å²) >= 11 is 3.68. The number of hydrogen-bond donors (Lipinski definition) is 0. The van der Waals surface area contributed by atoms with E-state index in [9.17, 15) is 13.2 Å². The summed E-state index contributed by atoms with van der Waals surface area (Å²) in [5.41, 5.74) is 0. The molecule has 2 rings (SSSR count). The molecule has 0 N–H and O–H groups in total. The van der Waals surface area contributed by atoms with Gasteiger partial charge in [-0.2, -0.15) is 4.31 Å². The minimum Gasteiger partial charge on any atom is -0.466 e. The summed E-state index contributed by atoms with van der Waals surface area (Å²) in [4.78, 5) is 12.3. The third-order valence-corrected chi connectivity index (χ3v) is 7.53. The van der Waals surface area contributed by atoms with Gasteiger partial charge in [-0.05, 0) is 38.3 Å². The fourth-order valence-electron chi connectivity index (χ4n) is 3.27. The van der Waals surface area contributed by atoms with Crippen LogP contribution in [-0.4, -0.2) is 42.2 Å². The molecule has 0 bridgehead atoms. The topological polar surface area (TPSA) is 63.7 Å². The molecule has 1 aliphatic heterocycles. The van der Waals surface area contributed by atoms with E-state index in [1.165, 1.54) is 4.31 Å². The zero-order valence-corrected chi connectivity index (χ0v) is 16.8. The van der Waals surface area contributed by atoms with E-state index in [-0.39, 0.29) is 17.3 Å². The fourth-order valence-corrected chi connectivity index (χ4v) is 6.11. The van der Waals surface area contributed by atoms with Gasteiger partial charge in [-0.3, -0.25) is 4.79 Å². The summed E-state index contributed by atoms with van der Waals surface area (Å²) in [6.45, 7) is 6.25. The van der Waals surface area contributed by atoms with E-state index >= 15 is 0 Å². The molecular formula is C18H24BrNO4S. The van der Waals surface area contributed by atoms with Gasteiger partial charge in [-0.25, -0.2) is 8.42 Å². The van der Waals surface area contributed by atoms with Gasteiger partial charge in [0.25, 0.3) is 0 Å². The number of carbonyl (C=O) groups excluding carboxylic acids is 1. The third kappa shape index (κ3) is 4.51. The first-order chi connectivity index (χ1) is 11.8. The lowest BCUT2D eigenvalue weighted by Crippen LogP contribution is -2.56. The van der Waals surface area contributed by atoms with Gasteiger partial charge in [-0.15, -0.1) is 6.58 Å². The van der Waals surface area contributed by atoms with Crippen LogP contribution in [0, 0.1) is 0 Å². The number of nitrogens with zero attached hydrogens (tertiary/aromatic N) is 1. The Morgan fingerprint density at radius 2 is 2.12 bits per heavy atom. The van der Waals surface area contributed by atoms with Crippen molar-refractivity contribution in [3.8, 4) is 0 Å². The van der Waals surface area contributed by atoms with Crippen LogP contribution in [0.15, 0.2) is 47.9 Å². The molecule has 0 saturated carbocycles. The molecule has 1 heterocycles. The fraction of sp³-hybridized carbons (Fsp3) is 0.500. The summed E-state index contributed by atoms with van der Waals surface area (Å²) in [6.07, 6.45) is 3.65. The number of ether oxygens (including phenoxy) is 1. The van der Waals surface area contributed by atoms with Crippen LogP contribution < -0.4 is 0 Å². The predicted molar refractivity (Wildman–Crippen MR) is 101 cm³/mol. The summed E-state index contributed by atoms with van der Waals surface area (Å²) in [5, 5.41) is 0. The van der Waals surface area contributed by atoms with Crippen molar-refractivity contribution in [1.29, 1.82) is 0 Å². The molecule has 7 heteroatoms. The Morgan fingerprint density at radius 1 is 1.44 bits per heavy atom. The average Bonchev–Trinajstić information content (AvgIpc) is 2.57. The normalized spacial score (nSPS) is 24.6. The van der Waals surface area contributed by atoms with Gasteiger partial charge in [-0.1, -0.05) is 40.2 Å². The lowest BCUT2D eigenvalue weighted by molar-refractivity contribution is -0.144. The van der Waals surface area contributed by atoms with Gasteiger partial charge in [0, 0.05) is 12.6 Å². The molecule has 1 aromatic carbocycles. The van der Waals surface area contributed by atoms with E-state index in [2.05, 4.69) is 22.5 Å². The van der Waals surface area contributed by atoms with Crippen LogP contribution in [0.2, 0.25) is 0 Å². The minimum atomic E-state index is -3.65. The Bertz CT molecular complexity index is 707. The van der Waals surface area contributed by atoms with E-state index in [1.54, 1.807) is 43.3 Å². The number of piperidine rings is 1. The number of halogens is 1. The van der Waals surface area contributed by atoms with Crippen molar-refractivity contribution in [3.63, 3.8) is 0 Å². The molecule has 138 valence electrons. The minimum absolute atomic E-state index is 0.125. The van der Waals surface area contributed by atoms with Crippen LogP contribution >= 0.6 is 15.9 Å². The van der Waals surface area contributed by atoms with Crippen molar-refractivity contribution in [2.24, 2.45) is 0 Å². The number of benzene rings is 1. The van der Waals surface area contributed by atoms with Crippen LogP contribution in [0.4, 0.5) is 0 Å². The lowest BCUT2D eigenvalue weighted by Gasteiger charge is -2.45. The van der Waals surface area contributed by atoms with Gasteiger partial charge in [0.15, 0.2) is 0 Å². The molecule has 25 heavy (non-hydrogen) atoms. The van der Waals surface area contributed by atoms with Crippen molar-refractivity contribution < 1.29 is 17.9 Å². The summed E-state index contributed by atoms with van der Waals surface area (Å²) in [6, 6.07) is 7.99. The van der Waals surface area contributed by atoms with Crippen molar-refractivity contribution in [2.75, 3.05) is 13.2 Å². The van der Waals surface area contributed by atoms with Crippen molar-refractivity contribution >= 4 is 31.9 Å². The molecule has 5 nitrogen and oxygen atoms in total. The van der Waals surface area contributed by atoms with Gasteiger partial charge in [0.2, 0.25) is 10.0 Å². The molecule has 2 unspecified atom stereocenters. The van der Waals surface area contributed by atoms with Crippen LogP contribution in [0.25, 0.3) is 0 Å². The number of sulfonamides is 1. The van der Waals surface area contributed by atoms with E-state index < -0.39 is 20.4 Å². The first-order valence-corrected chi connectivity index (χ1v) is 10.6. The Kier molecular flexibility index (Phi) is 6.82. The Labute approximate surface area is 158 Å². The molecule has 0 spiro atoms. The maximum Gasteiger partial charge on any atom is 0.307 e. The molecule has 1 fully saturated rings. The quantitative estimate of drug-likeness (QED) is 0.377. The predicted octanol–water partition coefficient (Wildman–Crippen LogP) is 3.50. The van der Waals surface area contributed by atoms with E-state index in [1.807, 2.05) is 0 Å². The summed E-state index contributed by atoms with van der Waals surface area (Å²) < 4.78 is 32.2. The van der Waals surface area contributed by atoms with Crippen LogP contribution in [-0.2, 0) is 19.6 Å². The monoisotopic (exact) mass is 429 g/mol. The first-order valence-electron chi connectivity index (χ1n) is 8.37. The Balaban J connectivity index is 2.37. The van der Waals surface area contributed by atoms with E-state index in [4.69, 9.17) is 4.74 Å². The van der Waals surface area contributed by atoms with Gasteiger partial charge < -0.3 is 4.74 Å². The summed E-state index contributed by atoms with van der Waals surface area (Å²) in [7, 11) is -3.65. The Morgan fingerprint density at radius 3 is 2.72 bits per heavy atom. The standard InChI is InChI=1S/C18H24BrNO4S/c1-3-9-16-18(19,14-17(21)24-4-2)12-8-13-20(16)25(22,23)15-10-6-5-7-11-15/h3,5-7,10-11,16H,1,4,8-9,12-14H2,2H3. The SMILES string of the molecule is C=CCC1N(S(=O)(=O)c2ccccc2)CCCC1(Br)CC(=O)OCC. The maximum atomic E-state index is 13.1. The van der Waals surface area contributed by atoms with Gasteiger partial charge in [0.1, 0.15) is 0 Å². The van der Waals surface area contributed by atoms with Gasteiger partial charge in [0.05, 0.1) is 22.2 Å². The van der Waals surface area contributed by atoms with E-state index in [0.29, 0.717) is 32.4 Å². The van der Waals surface area contributed by atoms with Crippen molar-refractivity contribution in [1.82, 2.24) is 4.31 Å². The third-order valence-electron chi connectivity index (χ3n) is 4.40. The zero-order chi connectivity index (χ0) is 18.5. The van der Waals surface area contributed by atoms with E-state index in [0.717, 1.165) is 0 Å². The van der Waals surface area contributed by atoms with Gasteiger partial charge >= 0.3 is 5.97 Å². The smallest absolute Gasteiger partial charge is 0.307 e. The second-order valence-corrected chi connectivity index (χ2v) is 9.56. The zero-order valence-electron chi connectivity index (χ0n) is 14.4. The van der Waals surface area contributed by atoms with Crippen LogP contribution in [0.3, 0.4) is 0 Å². The maximum absolute atomic E-state index is 13.1. The second-order valence-electron chi connectivity index (χ2n) is 6.09. The molecule has 1 aromatic rings. The first kappa shape index (κ1) is 20.1. The number of rotatable bonds is 7. The Hall–Kier alpha value is -1.18. The summed E-state index contributed by atoms with van der Waals surface area (Å²) in [5.74, 6) is -0.326. The number of alkyl halides is 1. The molecule has 0 aromatic heterocycles. The second kappa shape index (κ2) is 8.47. The molecule has 1 saturated heterocycles. The van der Waals surface area contributed by atoms with Crippen molar-refractivity contribution in [2.45, 2.75) is 47.9 Å². The average molecular weight is 430 g/mol. The van der Waals surface area contributed by atoms with Crippen molar-refractivity contribution in [3.05, 3.63) is 43.0 Å². The molecular weight excluding hydrogens is 406 g/mol.